The normalized spacial score (nSPS) is 11.5. The first-order chi connectivity index (χ1) is 11.7. The smallest absolute Gasteiger partial charge is 0.191 e. The summed E-state index contributed by atoms with van der Waals surface area (Å²) in [5.74, 6) is 0.467. The zero-order chi connectivity index (χ0) is 17.2. The van der Waals surface area contributed by atoms with Crippen molar-refractivity contribution in [2.45, 2.75) is 26.1 Å². The van der Waals surface area contributed by atoms with Crippen LogP contribution in [0.3, 0.4) is 0 Å². The number of hydrogen-bond donors (Lipinski definition) is 2. The first-order valence-electron chi connectivity index (χ1n) is 7.91. The van der Waals surface area contributed by atoms with Gasteiger partial charge in [-0.25, -0.2) is 4.39 Å². The Kier molecular flexibility index (Phi) is 7.22. The lowest BCUT2D eigenvalue weighted by Gasteiger charge is -2.13. The van der Waals surface area contributed by atoms with Crippen molar-refractivity contribution in [1.82, 2.24) is 20.4 Å². The predicted octanol–water partition coefficient (Wildman–Crippen LogP) is 1.92. The molecule has 24 heavy (non-hydrogen) atoms. The second-order valence-electron chi connectivity index (χ2n) is 5.33. The third kappa shape index (κ3) is 5.66. The second-order valence-corrected chi connectivity index (χ2v) is 5.33. The Morgan fingerprint density at radius 2 is 2.25 bits per heavy atom. The summed E-state index contributed by atoms with van der Waals surface area (Å²) >= 11 is 0. The molecule has 7 heteroatoms. The van der Waals surface area contributed by atoms with E-state index in [9.17, 15) is 4.39 Å². The minimum atomic E-state index is -0.248. The Labute approximate surface area is 141 Å². The van der Waals surface area contributed by atoms with Gasteiger partial charge in [0.1, 0.15) is 5.82 Å². The average molecular weight is 333 g/mol. The van der Waals surface area contributed by atoms with Crippen LogP contribution in [0.2, 0.25) is 0 Å². The van der Waals surface area contributed by atoms with Crippen LogP contribution >= 0.6 is 0 Å². The Balaban J connectivity index is 1.75. The van der Waals surface area contributed by atoms with E-state index >= 15 is 0 Å². The number of guanidine groups is 1. The summed E-state index contributed by atoms with van der Waals surface area (Å²) in [6.45, 7) is 2.48. The Morgan fingerprint density at radius 3 is 2.96 bits per heavy atom. The molecule has 2 rings (SSSR count). The maximum Gasteiger partial charge on any atom is 0.191 e. The van der Waals surface area contributed by atoms with Crippen LogP contribution in [0.5, 0.6) is 0 Å². The minimum Gasteiger partial charge on any atom is -0.380 e. The number of nitrogens with one attached hydrogen (secondary N) is 2. The number of nitrogens with zero attached hydrogens (tertiary/aromatic N) is 3. The first kappa shape index (κ1) is 17.9. The molecule has 0 unspecified atom stereocenters. The lowest BCUT2D eigenvalue weighted by Crippen LogP contribution is -2.37. The van der Waals surface area contributed by atoms with Crippen molar-refractivity contribution in [2.24, 2.45) is 4.99 Å². The number of benzene rings is 1. The van der Waals surface area contributed by atoms with Crippen molar-refractivity contribution < 1.29 is 9.13 Å². The van der Waals surface area contributed by atoms with Gasteiger partial charge in [-0.3, -0.25) is 9.67 Å². The van der Waals surface area contributed by atoms with Crippen molar-refractivity contribution in [2.75, 3.05) is 20.7 Å². The van der Waals surface area contributed by atoms with Gasteiger partial charge in [-0.2, -0.15) is 5.10 Å². The number of halogens is 1. The molecular formula is C17H24FN5O. The highest BCUT2D eigenvalue weighted by Gasteiger charge is 2.04. The number of aryl methyl sites for hydroxylation is 1. The average Bonchev–Trinajstić information content (AvgIpc) is 3.10. The van der Waals surface area contributed by atoms with Crippen molar-refractivity contribution in [3.63, 3.8) is 0 Å². The van der Waals surface area contributed by atoms with E-state index in [0.29, 0.717) is 18.1 Å². The van der Waals surface area contributed by atoms with Gasteiger partial charge < -0.3 is 15.4 Å². The first-order valence-corrected chi connectivity index (χ1v) is 7.91. The monoisotopic (exact) mass is 333 g/mol. The lowest BCUT2D eigenvalue weighted by atomic mass is 10.1. The quantitative estimate of drug-likeness (QED) is 0.440. The highest BCUT2D eigenvalue weighted by Crippen LogP contribution is 2.11. The van der Waals surface area contributed by atoms with Crippen molar-refractivity contribution in [1.29, 1.82) is 0 Å². The van der Waals surface area contributed by atoms with E-state index in [1.54, 1.807) is 32.5 Å². The number of hydrogen-bond acceptors (Lipinski definition) is 3. The summed E-state index contributed by atoms with van der Waals surface area (Å²) in [5, 5.41) is 10.6. The number of aliphatic imine (C=N–C) groups is 1. The van der Waals surface area contributed by atoms with Gasteiger partial charge in [-0.05, 0) is 30.2 Å². The van der Waals surface area contributed by atoms with E-state index in [4.69, 9.17) is 4.74 Å². The van der Waals surface area contributed by atoms with Gasteiger partial charge in [0, 0.05) is 51.7 Å². The summed E-state index contributed by atoms with van der Waals surface area (Å²) in [6.07, 6.45) is 4.66. The summed E-state index contributed by atoms with van der Waals surface area (Å²) in [4.78, 5) is 4.19. The molecule has 2 N–H and O–H groups in total. The fraction of sp³-hybridized carbons (Fsp3) is 0.412. The van der Waals surface area contributed by atoms with E-state index in [1.807, 2.05) is 16.9 Å². The molecule has 0 aliphatic heterocycles. The van der Waals surface area contributed by atoms with Crippen molar-refractivity contribution in [3.05, 3.63) is 53.6 Å². The molecule has 1 aromatic carbocycles. The fourth-order valence-corrected chi connectivity index (χ4v) is 2.29. The molecular weight excluding hydrogens is 309 g/mol. The Hall–Kier alpha value is -2.41. The van der Waals surface area contributed by atoms with E-state index < -0.39 is 0 Å². The van der Waals surface area contributed by atoms with Gasteiger partial charge >= 0.3 is 0 Å². The van der Waals surface area contributed by atoms with E-state index in [0.717, 1.165) is 25.1 Å². The molecule has 0 atom stereocenters. The van der Waals surface area contributed by atoms with Gasteiger partial charge in [0.2, 0.25) is 0 Å². The van der Waals surface area contributed by atoms with Crippen LogP contribution < -0.4 is 10.6 Å². The van der Waals surface area contributed by atoms with Crippen molar-refractivity contribution in [3.8, 4) is 0 Å². The van der Waals surface area contributed by atoms with Crippen LogP contribution in [-0.4, -0.2) is 36.4 Å². The number of ether oxygens (including phenoxy) is 1. The third-order valence-corrected chi connectivity index (χ3v) is 3.51. The molecule has 0 saturated heterocycles. The maximum atomic E-state index is 13.6. The molecule has 0 radical (unpaired) electrons. The van der Waals surface area contributed by atoms with E-state index in [2.05, 4.69) is 20.7 Å². The summed E-state index contributed by atoms with van der Waals surface area (Å²) in [7, 11) is 3.28. The molecule has 0 bridgehead atoms. The standard InChI is InChI=1S/C17H24FN5O/c1-19-17(20-7-3-9-23-10-4-8-22-23)21-12-14-5-6-16(18)15(11-14)13-24-2/h4-6,8,10-11H,3,7,9,12-13H2,1-2H3,(H2,19,20,21). The summed E-state index contributed by atoms with van der Waals surface area (Å²) in [5.41, 5.74) is 1.53. The third-order valence-electron chi connectivity index (χ3n) is 3.51. The van der Waals surface area contributed by atoms with Gasteiger partial charge in [-0.15, -0.1) is 0 Å². The van der Waals surface area contributed by atoms with Gasteiger partial charge in [0.25, 0.3) is 0 Å². The molecule has 0 aliphatic rings. The van der Waals surface area contributed by atoms with Gasteiger partial charge in [-0.1, -0.05) is 6.07 Å². The predicted molar refractivity (Wildman–Crippen MR) is 92.2 cm³/mol. The number of rotatable bonds is 8. The van der Waals surface area contributed by atoms with Crippen molar-refractivity contribution >= 4 is 5.96 Å². The molecule has 0 aliphatic carbocycles. The van der Waals surface area contributed by atoms with Gasteiger partial charge in [0.05, 0.1) is 6.61 Å². The van der Waals surface area contributed by atoms with Crippen LogP contribution in [0.25, 0.3) is 0 Å². The lowest BCUT2D eigenvalue weighted by molar-refractivity contribution is 0.181. The molecule has 1 heterocycles. The van der Waals surface area contributed by atoms with E-state index in [-0.39, 0.29) is 12.4 Å². The van der Waals surface area contributed by atoms with Crippen LogP contribution in [0.1, 0.15) is 17.5 Å². The molecule has 0 fully saturated rings. The van der Waals surface area contributed by atoms with Crippen LogP contribution in [0.4, 0.5) is 4.39 Å². The zero-order valence-corrected chi connectivity index (χ0v) is 14.1. The van der Waals surface area contributed by atoms with Crippen LogP contribution in [-0.2, 0) is 24.4 Å². The van der Waals surface area contributed by atoms with E-state index in [1.165, 1.54) is 6.07 Å². The number of methoxy groups -OCH3 is 1. The molecule has 2 aromatic rings. The molecule has 0 amide bonds. The summed E-state index contributed by atoms with van der Waals surface area (Å²) < 4.78 is 20.5. The molecule has 0 spiro atoms. The highest BCUT2D eigenvalue weighted by atomic mass is 19.1. The minimum absolute atomic E-state index is 0.248. The van der Waals surface area contributed by atoms with Crippen LogP contribution in [0.15, 0.2) is 41.7 Å². The topological polar surface area (TPSA) is 63.5 Å². The number of aromatic nitrogens is 2. The van der Waals surface area contributed by atoms with Gasteiger partial charge in [0.15, 0.2) is 5.96 Å². The zero-order valence-electron chi connectivity index (χ0n) is 14.1. The molecule has 6 nitrogen and oxygen atoms in total. The Morgan fingerprint density at radius 1 is 1.38 bits per heavy atom. The fourth-order valence-electron chi connectivity index (χ4n) is 2.29. The molecule has 1 aromatic heterocycles. The molecule has 0 saturated carbocycles. The Bertz CT molecular complexity index is 642. The summed E-state index contributed by atoms with van der Waals surface area (Å²) in [6, 6.07) is 6.93. The maximum absolute atomic E-state index is 13.6. The van der Waals surface area contributed by atoms with Crippen LogP contribution in [0, 0.1) is 5.82 Å². The largest absolute Gasteiger partial charge is 0.380 e. The SMILES string of the molecule is CN=C(NCCCn1cccn1)NCc1ccc(F)c(COC)c1. The second kappa shape index (κ2) is 9.67. The highest BCUT2D eigenvalue weighted by molar-refractivity contribution is 5.79. The molecule has 130 valence electrons.